The maximum atomic E-state index is 14.0. The van der Waals surface area contributed by atoms with Gasteiger partial charge < -0.3 is 20.1 Å². The van der Waals surface area contributed by atoms with E-state index in [0.717, 1.165) is 38.7 Å². The van der Waals surface area contributed by atoms with Gasteiger partial charge in [-0.25, -0.2) is 4.39 Å². The zero-order chi connectivity index (χ0) is 20.0. The van der Waals surface area contributed by atoms with Crippen molar-refractivity contribution in [1.82, 2.24) is 15.1 Å². The predicted molar refractivity (Wildman–Crippen MR) is 125 cm³/mol. The van der Waals surface area contributed by atoms with E-state index in [1.54, 1.807) is 12.1 Å². The molecule has 2 aliphatic rings. The molecule has 9 heteroatoms. The van der Waals surface area contributed by atoms with Crippen molar-refractivity contribution in [2.45, 2.75) is 31.9 Å². The van der Waals surface area contributed by atoms with E-state index in [-0.39, 0.29) is 29.8 Å². The van der Waals surface area contributed by atoms with Gasteiger partial charge in [-0.2, -0.15) is 0 Å². The third-order valence-electron chi connectivity index (χ3n) is 5.40. The Kier molecular flexibility index (Phi) is 9.87. The van der Waals surface area contributed by atoms with Crippen molar-refractivity contribution in [3.63, 3.8) is 0 Å². The van der Waals surface area contributed by atoms with Gasteiger partial charge in [0.2, 0.25) is 0 Å². The number of aliphatic hydroxyl groups is 1. The van der Waals surface area contributed by atoms with Crippen LogP contribution in [0.4, 0.5) is 4.39 Å². The van der Waals surface area contributed by atoms with Crippen molar-refractivity contribution in [1.29, 1.82) is 0 Å². The van der Waals surface area contributed by atoms with E-state index in [0.29, 0.717) is 49.7 Å². The fourth-order valence-corrected chi connectivity index (χ4v) is 3.80. The Hall–Kier alpha value is -0.680. The molecule has 2 aliphatic heterocycles. The second kappa shape index (κ2) is 11.6. The van der Waals surface area contributed by atoms with Gasteiger partial charge in [-0.15, -0.1) is 24.0 Å². The smallest absolute Gasteiger partial charge is 0.194 e. The molecule has 0 unspecified atom stereocenters. The van der Waals surface area contributed by atoms with Crippen LogP contribution in [-0.2, 0) is 11.3 Å². The standard InChI is InChI=1S/C20H30ClFN4O2.HI/c1-2-23-19(24-15-20(27)6-12-28-13-7-20)26-10-8-25(9-11-26)14-16-17(21)4-3-5-18(16)22;/h3-5,27H,2,6-15H2,1H3,(H,23,24);1H. The molecule has 2 fully saturated rings. The summed E-state index contributed by atoms with van der Waals surface area (Å²) in [5.74, 6) is 0.570. The number of rotatable bonds is 5. The zero-order valence-corrected chi connectivity index (χ0v) is 20.0. The molecule has 164 valence electrons. The molecule has 1 aromatic rings. The molecular weight excluding hydrogens is 510 g/mol. The van der Waals surface area contributed by atoms with Gasteiger partial charge in [0.1, 0.15) is 5.82 Å². The molecular formula is C20H31ClFIN4O2. The normalized spacial score (nSPS) is 20.3. The number of ether oxygens (including phenoxy) is 1. The van der Waals surface area contributed by atoms with Crippen LogP contribution in [0.1, 0.15) is 25.3 Å². The largest absolute Gasteiger partial charge is 0.388 e. The van der Waals surface area contributed by atoms with Crippen LogP contribution in [0.15, 0.2) is 23.2 Å². The summed E-state index contributed by atoms with van der Waals surface area (Å²) in [5.41, 5.74) is -0.220. The van der Waals surface area contributed by atoms with Gasteiger partial charge >= 0.3 is 0 Å². The minimum absolute atomic E-state index is 0. The molecule has 2 N–H and O–H groups in total. The Morgan fingerprint density at radius 1 is 1.28 bits per heavy atom. The number of nitrogens with zero attached hydrogens (tertiary/aromatic N) is 3. The quantitative estimate of drug-likeness (QED) is 0.342. The lowest BCUT2D eigenvalue weighted by Gasteiger charge is -2.37. The third kappa shape index (κ3) is 6.92. The first kappa shape index (κ1) is 24.6. The maximum absolute atomic E-state index is 14.0. The third-order valence-corrected chi connectivity index (χ3v) is 5.75. The van der Waals surface area contributed by atoms with Crippen LogP contribution < -0.4 is 5.32 Å². The van der Waals surface area contributed by atoms with Gasteiger partial charge in [0.25, 0.3) is 0 Å². The fourth-order valence-electron chi connectivity index (χ4n) is 3.58. The van der Waals surface area contributed by atoms with E-state index in [2.05, 4.69) is 15.1 Å². The Morgan fingerprint density at radius 2 is 1.97 bits per heavy atom. The molecule has 0 amide bonds. The monoisotopic (exact) mass is 540 g/mol. The number of halogens is 3. The van der Waals surface area contributed by atoms with E-state index < -0.39 is 5.60 Å². The number of nitrogens with one attached hydrogen (secondary N) is 1. The molecule has 6 nitrogen and oxygen atoms in total. The van der Waals surface area contributed by atoms with Gasteiger partial charge in [-0.1, -0.05) is 17.7 Å². The number of piperazine rings is 1. The second-order valence-electron chi connectivity index (χ2n) is 7.47. The number of hydrogen-bond acceptors (Lipinski definition) is 4. The van der Waals surface area contributed by atoms with E-state index in [1.165, 1.54) is 6.07 Å². The van der Waals surface area contributed by atoms with Crippen LogP contribution in [0, 0.1) is 5.82 Å². The SMILES string of the molecule is CCNC(=NCC1(O)CCOCC1)N1CCN(Cc2c(F)cccc2Cl)CC1.I. The molecule has 0 bridgehead atoms. The van der Waals surface area contributed by atoms with Crippen molar-refractivity contribution in [2.75, 3.05) is 52.5 Å². The molecule has 1 aromatic carbocycles. The lowest BCUT2D eigenvalue weighted by atomic mass is 9.95. The summed E-state index contributed by atoms with van der Waals surface area (Å²) in [6.07, 6.45) is 1.24. The Morgan fingerprint density at radius 3 is 2.59 bits per heavy atom. The first-order chi connectivity index (χ1) is 13.5. The highest BCUT2D eigenvalue weighted by molar-refractivity contribution is 14.0. The highest BCUT2D eigenvalue weighted by Crippen LogP contribution is 2.22. The molecule has 3 rings (SSSR count). The van der Waals surface area contributed by atoms with Gasteiger partial charge in [-0.3, -0.25) is 9.89 Å². The molecule has 2 heterocycles. The average Bonchev–Trinajstić information content (AvgIpc) is 2.69. The minimum atomic E-state index is -0.775. The molecule has 29 heavy (non-hydrogen) atoms. The van der Waals surface area contributed by atoms with Crippen LogP contribution in [0.2, 0.25) is 5.02 Å². The van der Waals surface area contributed by atoms with Crippen molar-refractivity contribution >= 4 is 41.5 Å². The first-order valence-electron chi connectivity index (χ1n) is 9.99. The molecule has 0 atom stereocenters. The summed E-state index contributed by atoms with van der Waals surface area (Å²) >= 11 is 6.16. The van der Waals surface area contributed by atoms with Crippen LogP contribution in [0.25, 0.3) is 0 Å². The number of guanidine groups is 1. The number of benzene rings is 1. The summed E-state index contributed by atoms with van der Waals surface area (Å²) in [5, 5.41) is 14.5. The van der Waals surface area contributed by atoms with Crippen molar-refractivity contribution in [3.8, 4) is 0 Å². The van der Waals surface area contributed by atoms with E-state index in [4.69, 9.17) is 21.3 Å². The first-order valence-corrected chi connectivity index (χ1v) is 10.4. The van der Waals surface area contributed by atoms with Crippen LogP contribution >= 0.6 is 35.6 Å². The van der Waals surface area contributed by atoms with Crippen molar-refractivity contribution < 1.29 is 14.2 Å². The Bertz CT molecular complexity index is 660. The summed E-state index contributed by atoms with van der Waals surface area (Å²) < 4.78 is 19.4. The van der Waals surface area contributed by atoms with Crippen LogP contribution in [-0.4, -0.2) is 78.9 Å². The maximum Gasteiger partial charge on any atom is 0.194 e. The van der Waals surface area contributed by atoms with E-state index >= 15 is 0 Å². The topological polar surface area (TPSA) is 60.3 Å². The fraction of sp³-hybridized carbons (Fsp3) is 0.650. The highest BCUT2D eigenvalue weighted by Gasteiger charge is 2.30. The Labute approximate surface area is 194 Å². The van der Waals surface area contributed by atoms with Gasteiger partial charge in [0, 0.05) is 75.9 Å². The molecule has 0 spiro atoms. The average molecular weight is 541 g/mol. The summed E-state index contributed by atoms with van der Waals surface area (Å²) in [6, 6.07) is 4.81. The van der Waals surface area contributed by atoms with Gasteiger partial charge in [0.05, 0.1) is 12.1 Å². The zero-order valence-electron chi connectivity index (χ0n) is 16.9. The van der Waals surface area contributed by atoms with Crippen molar-refractivity contribution in [3.05, 3.63) is 34.6 Å². The molecule has 0 radical (unpaired) electrons. The van der Waals surface area contributed by atoms with Gasteiger partial charge in [-0.05, 0) is 19.1 Å². The van der Waals surface area contributed by atoms with E-state index in [1.807, 2.05) is 6.92 Å². The predicted octanol–water partition coefficient (Wildman–Crippen LogP) is 2.72. The summed E-state index contributed by atoms with van der Waals surface area (Å²) in [4.78, 5) is 9.10. The molecule has 0 aliphatic carbocycles. The summed E-state index contributed by atoms with van der Waals surface area (Å²) in [6.45, 7) is 8.04. The molecule has 2 saturated heterocycles. The molecule has 0 saturated carbocycles. The lowest BCUT2D eigenvalue weighted by Crippen LogP contribution is -2.52. The number of aliphatic imine (C=N–C) groups is 1. The van der Waals surface area contributed by atoms with Gasteiger partial charge in [0.15, 0.2) is 5.96 Å². The van der Waals surface area contributed by atoms with Crippen molar-refractivity contribution in [2.24, 2.45) is 4.99 Å². The minimum Gasteiger partial charge on any atom is -0.388 e. The second-order valence-corrected chi connectivity index (χ2v) is 7.88. The summed E-state index contributed by atoms with van der Waals surface area (Å²) in [7, 11) is 0. The van der Waals surface area contributed by atoms with Crippen LogP contribution in [0.5, 0.6) is 0 Å². The lowest BCUT2D eigenvalue weighted by molar-refractivity contribution is -0.0567. The van der Waals surface area contributed by atoms with Crippen LogP contribution in [0.3, 0.4) is 0 Å². The number of hydrogen-bond donors (Lipinski definition) is 2. The highest BCUT2D eigenvalue weighted by atomic mass is 127. The molecule has 0 aromatic heterocycles. The van der Waals surface area contributed by atoms with E-state index in [9.17, 15) is 9.50 Å². The Balaban J connectivity index is 0.00000300.